The van der Waals surface area contributed by atoms with Crippen LogP contribution >= 0.6 is 0 Å². The standard InChI is InChI=1S/C15H22N4/c1-11-10-13(18(3)4)6-7-14(11)17-12(2)15-8-9-16-19(15)5/h6-10,12,17H,1-5H3. The average Bonchev–Trinajstić information content (AvgIpc) is 2.77. The molecule has 1 N–H and O–H groups in total. The second-order valence-corrected chi connectivity index (χ2v) is 5.14. The minimum absolute atomic E-state index is 0.233. The summed E-state index contributed by atoms with van der Waals surface area (Å²) in [6, 6.07) is 8.74. The Bertz CT molecular complexity index is 557. The van der Waals surface area contributed by atoms with Crippen molar-refractivity contribution in [2.75, 3.05) is 24.3 Å². The molecule has 0 saturated carbocycles. The fraction of sp³-hybridized carbons (Fsp3) is 0.400. The number of benzene rings is 1. The third-order valence-electron chi connectivity index (χ3n) is 3.40. The topological polar surface area (TPSA) is 33.1 Å². The van der Waals surface area contributed by atoms with Gasteiger partial charge in [-0.05, 0) is 43.7 Å². The quantitative estimate of drug-likeness (QED) is 0.915. The van der Waals surface area contributed by atoms with Gasteiger partial charge in [-0.2, -0.15) is 5.10 Å². The van der Waals surface area contributed by atoms with Crippen molar-refractivity contribution in [1.29, 1.82) is 0 Å². The van der Waals surface area contributed by atoms with E-state index in [1.807, 2.05) is 24.0 Å². The molecule has 0 saturated heterocycles. The molecule has 0 radical (unpaired) electrons. The van der Waals surface area contributed by atoms with Crippen LogP contribution in [0.4, 0.5) is 11.4 Å². The lowest BCUT2D eigenvalue weighted by atomic mass is 10.1. The monoisotopic (exact) mass is 258 g/mol. The van der Waals surface area contributed by atoms with Crippen LogP contribution in [-0.4, -0.2) is 23.9 Å². The van der Waals surface area contributed by atoms with Crippen molar-refractivity contribution in [2.24, 2.45) is 7.05 Å². The van der Waals surface area contributed by atoms with E-state index in [4.69, 9.17) is 0 Å². The number of aryl methyl sites for hydroxylation is 2. The van der Waals surface area contributed by atoms with Crippen LogP contribution in [0.5, 0.6) is 0 Å². The van der Waals surface area contributed by atoms with Gasteiger partial charge in [-0.1, -0.05) is 0 Å². The number of hydrogen-bond acceptors (Lipinski definition) is 3. The highest BCUT2D eigenvalue weighted by Crippen LogP contribution is 2.25. The smallest absolute Gasteiger partial charge is 0.0654 e. The molecule has 102 valence electrons. The van der Waals surface area contributed by atoms with Crippen molar-refractivity contribution < 1.29 is 0 Å². The zero-order valence-electron chi connectivity index (χ0n) is 12.3. The summed E-state index contributed by atoms with van der Waals surface area (Å²) in [5, 5.41) is 7.75. The summed E-state index contributed by atoms with van der Waals surface area (Å²) in [5.41, 5.74) is 4.81. The lowest BCUT2D eigenvalue weighted by Gasteiger charge is -2.19. The zero-order valence-corrected chi connectivity index (χ0v) is 12.3. The Morgan fingerprint density at radius 2 is 2.00 bits per heavy atom. The molecule has 0 aliphatic carbocycles. The predicted octanol–water partition coefficient (Wildman–Crippen LogP) is 2.97. The first-order chi connectivity index (χ1) is 8.99. The number of nitrogens with one attached hydrogen (secondary N) is 1. The van der Waals surface area contributed by atoms with E-state index in [0.717, 1.165) is 0 Å². The summed E-state index contributed by atoms with van der Waals surface area (Å²) in [6.45, 7) is 4.28. The first-order valence-corrected chi connectivity index (χ1v) is 6.51. The van der Waals surface area contributed by atoms with Crippen molar-refractivity contribution >= 4 is 11.4 Å². The normalized spacial score (nSPS) is 12.3. The van der Waals surface area contributed by atoms with E-state index >= 15 is 0 Å². The largest absolute Gasteiger partial charge is 0.378 e. The van der Waals surface area contributed by atoms with Gasteiger partial charge in [0.15, 0.2) is 0 Å². The van der Waals surface area contributed by atoms with Gasteiger partial charge in [-0.3, -0.25) is 4.68 Å². The van der Waals surface area contributed by atoms with E-state index in [2.05, 4.69) is 61.5 Å². The fourth-order valence-corrected chi connectivity index (χ4v) is 2.20. The van der Waals surface area contributed by atoms with Crippen LogP contribution in [0.3, 0.4) is 0 Å². The van der Waals surface area contributed by atoms with Gasteiger partial charge in [0, 0.05) is 38.7 Å². The van der Waals surface area contributed by atoms with E-state index in [-0.39, 0.29) is 6.04 Å². The number of rotatable bonds is 4. The third-order valence-corrected chi connectivity index (χ3v) is 3.40. The average molecular weight is 258 g/mol. The molecular formula is C15H22N4. The maximum absolute atomic E-state index is 4.21. The third kappa shape index (κ3) is 2.89. The van der Waals surface area contributed by atoms with Gasteiger partial charge in [0.1, 0.15) is 0 Å². The maximum Gasteiger partial charge on any atom is 0.0654 e. The molecule has 2 rings (SSSR count). The Labute approximate surface area is 115 Å². The lowest BCUT2D eigenvalue weighted by Crippen LogP contribution is -2.13. The van der Waals surface area contributed by atoms with Crippen molar-refractivity contribution in [3.8, 4) is 0 Å². The molecule has 0 aliphatic heterocycles. The molecule has 0 spiro atoms. The molecule has 1 atom stereocenters. The highest BCUT2D eigenvalue weighted by Gasteiger charge is 2.10. The van der Waals surface area contributed by atoms with Gasteiger partial charge >= 0.3 is 0 Å². The summed E-state index contributed by atoms with van der Waals surface area (Å²) in [6.07, 6.45) is 1.83. The number of aromatic nitrogens is 2. The summed E-state index contributed by atoms with van der Waals surface area (Å²) in [4.78, 5) is 2.11. The molecule has 1 aromatic heterocycles. The Hall–Kier alpha value is -1.97. The van der Waals surface area contributed by atoms with Gasteiger partial charge in [-0.15, -0.1) is 0 Å². The minimum Gasteiger partial charge on any atom is -0.378 e. The summed E-state index contributed by atoms with van der Waals surface area (Å²) < 4.78 is 1.90. The van der Waals surface area contributed by atoms with Crippen LogP contribution < -0.4 is 10.2 Å². The molecule has 0 aliphatic rings. The Kier molecular flexibility index (Phi) is 3.79. The molecule has 0 bridgehead atoms. The number of anilines is 2. The van der Waals surface area contributed by atoms with E-state index in [1.165, 1.54) is 22.6 Å². The Morgan fingerprint density at radius 3 is 2.53 bits per heavy atom. The predicted molar refractivity (Wildman–Crippen MR) is 80.8 cm³/mol. The van der Waals surface area contributed by atoms with Crippen LogP contribution in [0.15, 0.2) is 30.5 Å². The Morgan fingerprint density at radius 1 is 1.26 bits per heavy atom. The minimum atomic E-state index is 0.233. The highest BCUT2D eigenvalue weighted by atomic mass is 15.3. The van der Waals surface area contributed by atoms with Crippen molar-refractivity contribution in [3.63, 3.8) is 0 Å². The van der Waals surface area contributed by atoms with Gasteiger partial charge in [0.2, 0.25) is 0 Å². The summed E-state index contributed by atoms with van der Waals surface area (Å²) >= 11 is 0. The van der Waals surface area contributed by atoms with Crippen molar-refractivity contribution in [1.82, 2.24) is 9.78 Å². The van der Waals surface area contributed by atoms with E-state index in [1.54, 1.807) is 0 Å². The number of hydrogen-bond donors (Lipinski definition) is 1. The van der Waals surface area contributed by atoms with Crippen molar-refractivity contribution in [3.05, 3.63) is 41.7 Å². The lowest BCUT2D eigenvalue weighted by molar-refractivity contribution is 0.675. The molecule has 0 fully saturated rings. The SMILES string of the molecule is Cc1cc(N(C)C)ccc1NC(C)c1ccnn1C. The molecule has 19 heavy (non-hydrogen) atoms. The molecular weight excluding hydrogens is 236 g/mol. The molecule has 1 heterocycles. The second kappa shape index (κ2) is 5.34. The van der Waals surface area contributed by atoms with Gasteiger partial charge in [0.25, 0.3) is 0 Å². The van der Waals surface area contributed by atoms with Crippen LogP contribution in [0.2, 0.25) is 0 Å². The van der Waals surface area contributed by atoms with Crippen LogP contribution in [0, 0.1) is 6.92 Å². The van der Waals surface area contributed by atoms with Gasteiger partial charge < -0.3 is 10.2 Å². The molecule has 4 heteroatoms. The first-order valence-electron chi connectivity index (χ1n) is 6.51. The highest BCUT2D eigenvalue weighted by molar-refractivity contribution is 5.60. The molecule has 0 amide bonds. The van der Waals surface area contributed by atoms with Crippen LogP contribution in [0.1, 0.15) is 24.2 Å². The first kappa shape index (κ1) is 13.5. The van der Waals surface area contributed by atoms with Crippen LogP contribution in [0.25, 0.3) is 0 Å². The van der Waals surface area contributed by atoms with Gasteiger partial charge in [0.05, 0.1) is 11.7 Å². The summed E-state index contributed by atoms with van der Waals surface area (Å²) in [7, 11) is 6.08. The Balaban J connectivity index is 2.18. The van der Waals surface area contributed by atoms with E-state index < -0.39 is 0 Å². The van der Waals surface area contributed by atoms with Gasteiger partial charge in [-0.25, -0.2) is 0 Å². The van der Waals surface area contributed by atoms with Crippen LogP contribution in [-0.2, 0) is 7.05 Å². The van der Waals surface area contributed by atoms with Crippen molar-refractivity contribution in [2.45, 2.75) is 19.9 Å². The van der Waals surface area contributed by atoms with E-state index in [0.29, 0.717) is 0 Å². The second-order valence-electron chi connectivity index (χ2n) is 5.14. The molecule has 2 aromatic rings. The maximum atomic E-state index is 4.21. The molecule has 1 unspecified atom stereocenters. The van der Waals surface area contributed by atoms with E-state index in [9.17, 15) is 0 Å². The fourth-order valence-electron chi connectivity index (χ4n) is 2.20. The summed E-state index contributed by atoms with van der Waals surface area (Å²) in [5.74, 6) is 0. The molecule has 4 nitrogen and oxygen atoms in total. The zero-order chi connectivity index (χ0) is 14.0. The molecule has 1 aromatic carbocycles. The number of nitrogens with zero attached hydrogens (tertiary/aromatic N) is 3.